The van der Waals surface area contributed by atoms with E-state index in [1.807, 2.05) is 40.3 Å². The Hall–Kier alpha value is -2.54. The van der Waals surface area contributed by atoms with Crippen LogP contribution in [0.5, 0.6) is 5.75 Å². The van der Waals surface area contributed by atoms with Crippen LogP contribution in [-0.4, -0.2) is 28.7 Å². The third kappa shape index (κ3) is 4.34. The number of piperidine rings is 1. The van der Waals surface area contributed by atoms with Crippen molar-refractivity contribution in [2.75, 3.05) is 10.2 Å². The van der Waals surface area contributed by atoms with Crippen molar-refractivity contribution in [2.24, 2.45) is 17.3 Å². The van der Waals surface area contributed by atoms with Gasteiger partial charge >= 0.3 is 6.09 Å². The van der Waals surface area contributed by atoms with E-state index in [0.717, 1.165) is 48.9 Å². The number of rotatable bonds is 5. The highest BCUT2D eigenvalue weighted by molar-refractivity contribution is 9.09. The molecule has 0 aromatic heterocycles. The first-order valence-electron chi connectivity index (χ1n) is 14.4. The summed E-state index contributed by atoms with van der Waals surface area (Å²) < 4.78 is 6.17. The number of nitrogens with zero attached hydrogens (tertiary/aromatic N) is 2. The lowest BCUT2D eigenvalue weighted by Crippen LogP contribution is -2.64. The van der Waals surface area contributed by atoms with Crippen molar-refractivity contribution in [3.63, 3.8) is 0 Å². The number of aryl methyl sites for hydroxylation is 1. The Morgan fingerprint density at radius 1 is 1.07 bits per heavy atom. The van der Waals surface area contributed by atoms with Gasteiger partial charge in [0.2, 0.25) is 0 Å². The molecule has 3 fully saturated rings. The first-order chi connectivity index (χ1) is 19.5. The highest BCUT2D eigenvalue weighted by Gasteiger charge is 2.63. The first-order valence-corrected chi connectivity index (χ1v) is 15.9. The topological polar surface area (TPSA) is 42.0 Å². The molecule has 7 heteroatoms. The molecule has 2 aliphatic carbocycles. The third-order valence-electron chi connectivity index (χ3n) is 10.0. The zero-order valence-corrected chi connectivity index (χ0v) is 25.0. The van der Waals surface area contributed by atoms with Crippen LogP contribution in [0, 0.1) is 17.3 Å². The molecule has 0 N–H and O–H groups in total. The molecule has 0 unspecified atom stereocenters. The van der Waals surface area contributed by atoms with Crippen LogP contribution in [0.1, 0.15) is 55.2 Å². The van der Waals surface area contributed by atoms with E-state index < -0.39 is 0 Å². The van der Waals surface area contributed by atoms with Gasteiger partial charge in [0.05, 0.1) is 6.04 Å². The Bertz CT molecular complexity index is 1400. The van der Waals surface area contributed by atoms with Crippen LogP contribution < -0.4 is 9.64 Å². The second-order valence-corrected chi connectivity index (χ2v) is 13.2. The quantitative estimate of drug-likeness (QED) is 0.269. The second kappa shape index (κ2) is 10.4. The highest BCUT2D eigenvalue weighted by atomic mass is 79.9. The normalized spacial score (nSPS) is 31.0. The number of fused-ring (bicyclic) bond motifs is 7. The number of carbonyl (C=O) groups excluding carboxylic acids is 1. The van der Waals surface area contributed by atoms with Crippen molar-refractivity contribution in [3.8, 4) is 5.75 Å². The van der Waals surface area contributed by atoms with Gasteiger partial charge in [0, 0.05) is 21.5 Å². The number of benzene rings is 3. The minimum Gasteiger partial charge on any atom is -0.489 e. The van der Waals surface area contributed by atoms with E-state index in [9.17, 15) is 4.79 Å². The average Bonchev–Trinajstić information content (AvgIpc) is 3.34. The Kier molecular flexibility index (Phi) is 6.84. The molecule has 7 rings (SSSR count). The number of halogens is 2. The smallest absolute Gasteiger partial charge is 0.435 e. The van der Waals surface area contributed by atoms with Crippen LogP contribution in [0.4, 0.5) is 10.5 Å². The number of alkyl halides is 1. The summed E-state index contributed by atoms with van der Waals surface area (Å²) in [5, 5.41) is 3.43. The van der Waals surface area contributed by atoms with Crippen molar-refractivity contribution in [1.82, 2.24) is 5.06 Å². The zero-order chi connectivity index (χ0) is 27.4. The summed E-state index contributed by atoms with van der Waals surface area (Å²) in [4.78, 5) is 21.2. The number of anilines is 1. The molecule has 40 heavy (non-hydrogen) atoms. The maximum Gasteiger partial charge on any atom is 0.435 e. The minimum absolute atomic E-state index is 0.0815. The standard InChI is InChI=1S/C33H34BrClN2O3/c1-33-16-15-28-27-14-12-26(39-20-21-5-3-2-4-6-21)17-22(27)7-13-29(28)30(33)18-25(19-34)37-31(33)36(32(38)40-37)24-10-8-23(35)9-11-24/h2-6,8-12,14,17,25,28-31H,7,13,15-16,18-20H2,1H3/t25-,28-,29-,30+,31-,33+/m1/s1. The largest absolute Gasteiger partial charge is 0.489 e. The molecule has 0 bridgehead atoms. The van der Waals surface area contributed by atoms with Gasteiger partial charge in [-0.15, -0.1) is 5.06 Å². The molecule has 2 aliphatic heterocycles. The molecule has 2 saturated heterocycles. The number of ether oxygens (including phenoxy) is 1. The van der Waals surface area contributed by atoms with Gasteiger partial charge in [0.15, 0.2) is 0 Å². The van der Waals surface area contributed by atoms with Gasteiger partial charge in [-0.25, -0.2) is 4.79 Å². The summed E-state index contributed by atoms with van der Waals surface area (Å²) >= 11 is 9.95. The van der Waals surface area contributed by atoms with Crippen molar-refractivity contribution < 1.29 is 14.4 Å². The van der Waals surface area contributed by atoms with Gasteiger partial charge in [-0.3, -0.25) is 4.90 Å². The zero-order valence-electron chi connectivity index (χ0n) is 22.6. The van der Waals surface area contributed by atoms with E-state index in [1.54, 1.807) is 0 Å². The SMILES string of the molecule is C[C@]12CC[C@@H]3c4ccc(OCc5ccccc5)cc4CC[C@H]3[C@@H]1C[C@H](CBr)N1OC(=O)N(c3ccc(Cl)cc3)[C@H]12. The fourth-order valence-corrected chi connectivity index (χ4v) is 8.81. The van der Waals surface area contributed by atoms with Gasteiger partial charge in [-0.2, -0.15) is 0 Å². The van der Waals surface area contributed by atoms with E-state index in [1.165, 1.54) is 16.7 Å². The van der Waals surface area contributed by atoms with E-state index in [-0.39, 0.29) is 23.7 Å². The van der Waals surface area contributed by atoms with Crippen LogP contribution >= 0.6 is 27.5 Å². The van der Waals surface area contributed by atoms with E-state index in [0.29, 0.717) is 29.4 Å². The number of hydrogen-bond donors (Lipinski definition) is 0. The maximum absolute atomic E-state index is 13.3. The molecular formula is C33H34BrClN2O3. The molecule has 0 radical (unpaired) electrons. The van der Waals surface area contributed by atoms with Gasteiger partial charge < -0.3 is 9.57 Å². The third-order valence-corrected chi connectivity index (χ3v) is 11.0. The monoisotopic (exact) mass is 620 g/mol. The van der Waals surface area contributed by atoms with Gasteiger partial charge in [0.1, 0.15) is 18.5 Å². The molecule has 3 aromatic carbocycles. The summed E-state index contributed by atoms with van der Waals surface area (Å²) in [5.74, 6) is 2.56. The van der Waals surface area contributed by atoms with Crippen LogP contribution in [0.3, 0.4) is 0 Å². The van der Waals surface area contributed by atoms with Gasteiger partial charge in [0.25, 0.3) is 0 Å². The molecule has 2 heterocycles. The Labute approximate surface area is 249 Å². The second-order valence-electron chi connectivity index (χ2n) is 12.1. The van der Waals surface area contributed by atoms with Crippen LogP contribution in [-0.2, 0) is 17.9 Å². The summed E-state index contributed by atoms with van der Waals surface area (Å²) in [5.41, 5.74) is 4.88. The summed E-state index contributed by atoms with van der Waals surface area (Å²) in [6.45, 7) is 2.99. The number of hydrogen-bond acceptors (Lipinski definition) is 4. The van der Waals surface area contributed by atoms with Crippen molar-refractivity contribution in [2.45, 2.75) is 63.8 Å². The fourth-order valence-electron chi connectivity index (χ4n) is 8.14. The molecule has 0 spiro atoms. The number of hydroxylamine groups is 2. The maximum atomic E-state index is 13.3. The van der Waals surface area contributed by atoms with Gasteiger partial charge in [-0.1, -0.05) is 70.9 Å². The molecular weight excluding hydrogens is 588 g/mol. The van der Waals surface area contributed by atoms with Gasteiger partial charge in [-0.05, 0) is 103 Å². The number of carbonyl (C=O) groups is 1. The lowest BCUT2D eigenvalue weighted by Gasteiger charge is -2.59. The van der Waals surface area contributed by atoms with E-state index in [4.69, 9.17) is 21.2 Å². The van der Waals surface area contributed by atoms with Crippen LogP contribution in [0.15, 0.2) is 72.8 Å². The predicted molar refractivity (Wildman–Crippen MR) is 161 cm³/mol. The van der Waals surface area contributed by atoms with E-state index >= 15 is 0 Å². The number of amides is 1. The fraction of sp³-hybridized carbons (Fsp3) is 0.424. The lowest BCUT2D eigenvalue weighted by atomic mass is 9.51. The molecule has 3 aromatic rings. The Morgan fingerprint density at radius 2 is 1.88 bits per heavy atom. The first kappa shape index (κ1) is 26.4. The van der Waals surface area contributed by atoms with Crippen molar-refractivity contribution in [3.05, 3.63) is 94.5 Å². The highest BCUT2D eigenvalue weighted by Crippen LogP contribution is 2.62. The molecule has 5 nitrogen and oxygen atoms in total. The summed E-state index contributed by atoms with van der Waals surface area (Å²) in [6, 6.07) is 24.8. The minimum atomic E-state index is -0.292. The van der Waals surface area contributed by atoms with Crippen molar-refractivity contribution >= 4 is 39.3 Å². The lowest BCUT2D eigenvalue weighted by molar-refractivity contribution is -0.205. The van der Waals surface area contributed by atoms with Crippen molar-refractivity contribution in [1.29, 1.82) is 0 Å². The average molecular weight is 622 g/mol. The molecule has 208 valence electrons. The summed E-state index contributed by atoms with van der Waals surface area (Å²) in [7, 11) is 0. The molecule has 6 atom stereocenters. The van der Waals surface area contributed by atoms with Crippen LogP contribution in [0.2, 0.25) is 5.02 Å². The Morgan fingerprint density at radius 3 is 2.65 bits per heavy atom. The molecule has 1 amide bonds. The molecule has 1 saturated carbocycles. The van der Waals surface area contributed by atoms with E-state index in [2.05, 4.69) is 65.3 Å². The molecule has 4 aliphatic rings. The van der Waals surface area contributed by atoms with Crippen LogP contribution in [0.25, 0.3) is 0 Å². The summed E-state index contributed by atoms with van der Waals surface area (Å²) in [6.07, 6.45) is 4.97. The predicted octanol–water partition coefficient (Wildman–Crippen LogP) is 8.35. The Balaban J connectivity index is 1.17.